The Morgan fingerprint density at radius 2 is 2.21 bits per heavy atom. The summed E-state index contributed by atoms with van der Waals surface area (Å²) in [6.07, 6.45) is 0.852. The van der Waals surface area contributed by atoms with Crippen molar-refractivity contribution < 1.29 is 19.0 Å². The first-order valence-electron chi connectivity index (χ1n) is 6.34. The minimum Gasteiger partial charge on any atom is -0.468 e. The zero-order chi connectivity index (χ0) is 13.8. The van der Waals surface area contributed by atoms with Crippen LogP contribution in [0.4, 0.5) is 4.39 Å². The standard InChI is InChI=1S/C14H18FNO3/c1-19-14(18)13(11-2-4-12(15)5-3-11)16-7-6-10(8-16)9-17/h2-5,10,13,17H,6-9H2,1H3. The number of esters is 1. The highest BCUT2D eigenvalue weighted by molar-refractivity contribution is 5.77. The molecule has 2 unspecified atom stereocenters. The number of ether oxygens (including phenoxy) is 1. The van der Waals surface area contributed by atoms with E-state index in [4.69, 9.17) is 4.74 Å². The van der Waals surface area contributed by atoms with Crippen molar-refractivity contribution in [1.82, 2.24) is 4.90 Å². The van der Waals surface area contributed by atoms with Gasteiger partial charge in [0.1, 0.15) is 11.9 Å². The molecule has 1 heterocycles. The number of hydrogen-bond acceptors (Lipinski definition) is 4. The Morgan fingerprint density at radius 3 is 2.74 bits per heavy atom. The van der Waals surface area contributed by atoms with Crippen LogP contribution in [0.25, 0.3) is 0 Å². The Kier molecular flexibility index (Phi) is 4.50. The predicted molar refractivity (Wildman–Crippen MR) is 67.9 cm³/mol. The van der Waals surface area contributed by atoms with Crippen molar-refractivity contribution >= 4 is 5.97 Å². The number of hydrogen-bond donors (Lipinski definition) is 1. The Hall–Kier alpha value is -1.46. The fourth-order valence-electron chi connectivity index (χ4n) is 2.50. The minimum atomic E-state index is -0.526. The number of carbonyl (C=O) groups excluding carboxylic acids is 1. The maximum Gasteiger partial charge on any atom is 0.327 e. The molecule has 1 aliphatic heterocycles. The molecule has 0 aromatic heterocycles. The molecule has 19 heavy (non-hydrogen) atoms. The van der Waals surface area contributed by atoms with Gasteiger partial charge < -0.3 is 9.84 Å². The minimum absolute atomic E-state index is 0.119. The number of halogens is 1. The van der Waals surface area contributed by atoms with Crippen LogP contribution in [0.5, 0.6) is 0 Å². The quantitative estimate of drug-likeness (QED) is 0.837. The zero-order valence-electron chi connectivity index (χ0n) is 10.9. The van der Waals surface area contributed by atoms with E-state index in [1.807, 2.05) is 4.90 Å². The first kappa shape index (κ1) is 14.0. The van der Waals surface area contributed by atoms with E-state index in [0.717, 1.165) is 13.0 Å². The van der Waals surface area contributed by atoms with Gasteiger partial charge in [0.25, 0.3) is 0 Å². The summed E-state index contributed by atoms with van der Waals surface area (Å²) in [7, 11) is 1.35. The summed E-state index contributed by atoms with van der Waals surface area (Å²) < 4.78 is 17.8. The second-order valence-corrected chi connectivity index (χ2v) is 4.81. The molecule has 1 aromatic carbocycles. The highest BCUT2D eigenvalue weighted by Gasteiger charge is 2.33. The molecule has 0 radical (unpaired) electrons. The smallest absolute Gasteiger partial charge is 0.327 e. The Labute approximate surface area is 111 Å². The molecule has 0 bridgehead atoms. The molecule has 4 nitrogen and oxygen atoms in total. The average molecular weight is 267 g/mol. The summed E-state index contributed by atoms with van der Waals surface area (Å²) in [6.45, 7) is 1.49. The monoisotopic (exact) mass is 267 g/mol. The van der Waals surface area contributed by atoms with Gasteiger partial charge >= 0.3 is 5.97 Å². The summed E-state index contributed by atoms with van der Waals surface area (Å²) in [4.78, 5) is 13.9. The molecule has 104 valence electrons. The summed E-state index contributed by atoms with van der Waals surface area (Å²) in [6, 6.07) is 5.35. The lowest BCUT2D eigenvalue weighted by Gasteiger charge is -2.25. The average Bonchev–Trinajstić information content (AvgIpc) is 2.89. The molecular weight excluding hydrogens is 249 g/mol. The number of carbonyl (C=O) groups is 1. The van der Waals surface area contributed by atoms with E-state index in [-0.39, 0.29) is 24.3 Å². The van der Waals surface area contributed by atoms with Crippen molar-refractivity contribution in [3.8, 4) is 0 Å². The molecule has 2 atom stereocenters. The number of benzene rings is 1. The van der Waals surface area contributed by atoms with E-state index < -0.39 is 6.04 Å². The number of nitrogens with zero attached hydrogens (tertiary/aromatic N) is 1. The van der Waals surface area contributed by atoms with Crippen molar-refractivity contribution in [2.75, 3.05) is 26.8 Å². The van der Waals surface area contributed by atoms with Crippen molar-refractivity contribution in [3.05, 3.63) is 35.6 Å². The van der Waals surface area contributed by atoms with Crippen LogP contribution in [-0.2, 0) is 9.53 Å². The molecule has 1 saturated heterocycles. The maximum absolute atomic E-state index is 13.0. The van der Waals surface area contributed by atoms with Gasteiger partial charge in [0, 0.05) is 13.2 Å². The van der Waals surface area contributed by atoms with Crippen molar-refractivity contribution in [2.45, 2.75) is 12.5 Å². The zero-order valence-corrected chi connectivity index (χ0v) is 10.9. The molecule has 1 N–H and O–H groups in total. The largest absolute Gasteiger partial charge is 0.468 e. The van der Waals surface area contributed by atoms with Gasteiger partial charge in [0.05, 0.1) is 7.11 Å². The molecule has 0 saturated carbocycles. The van der Waals surface area contributed by atoms with E-state index in [1.54, 1.807) is 12.1 Å². The molecule has 5 heteroatoms. The predicted octanol–water partition coefficient (Wildman–Crippen LogP) is 1.35. The van der Waals surface area contributed by atoms with Crippen LogP contribution in [0.1, 0.15) is 18.0 Å². The first-order valence-corrected chi connectivity index (χ1v) is 6.34. The number of rotatable bonds is 4. The molecular formula is C14H18FNO3. The van der Waals surface area contributed by atoms with E-state index in [1.165, 1.54) is 19.2 Å². The first-order chi connectivity index (χ1) is 9.15. The van der Waals surface area contributed by atoms with Gasteiger partial charge in [0.2, 0.25) is 0 Å². The highest BCUT2D eigenvalue weighted by Crippen LogP contribution is 2.28. The van der Waals surface area contributed by atoms with Gasteiger partial charge in [-0.25, -0.2) is 9.18 Å². The third-order valence-corrected chi connectivity index (χ3v) is 3.55. The summed E-state index contributed by atoms with van der Waals surface area (Å²) >= 11 is 0. The van der Waals surface area contributed by atoms with E-state index in [9.17, 15) is 14.3 Å². The van der Waals surface area contributed by atoms with Crippen LogP contribution < -0.4 is 0 Å². The molecule has 1 aliphatic rings. The molecule has 1 fully saturated rings. The Bertz CT molecular complexity index is 435. The van der Waals surface area contributed by atoms with Crippen LogP contribution in [0.15, 0.2) is 24.3 Å². The van der Waals surface area contributed by atoms with Crippen molar-refractivity contribution in [1.29, 1.82) is 0 Å². The normalized spacial score (nSPS) is 21.3. The summed E-state index contributed by atoms with van der Waals surface area (Å²) in [5.74, 6) is -0.500. The molecule has 0 spiro atoms. The van der Waals surface area contributed by atoms with Crippen LogP contribution >= 0.6 is 0 Å². The topological polar surface area (TPSA) is 49.8 Å². The second kappa shape index (κ2) is 6.12. The number of aliphatic hydroxyl groups excluding tert-OH is 1. The Balaban J connectivity index is 2.21. The van der Waals surface area contributed by atoms with Crippen LogP contribution in [0.3, 0.4) is 0 Å². The van der Waals surface area contributed by atoms with E-state index in [2.05, 4.69) is 0 Å². The lowest BCUT2D eigenvalue weighted by atomic mass is 10.1. The number of methoxy groups -OCH3 is 1. The fraction of sp³-hybridized carbons (Fsp3) is 0.500. The summed E-state index contributed by atoms with van der Waals surface area (Å²) in [5.41, 5.74) is 0.715. The van der Waals surface area contributed by atoms with Crippen LogP contribution in [0.2, 0.25) is 0 Å². The number of likely N-dealkylation sites (tertiary alicyclic amines) is 1. The maximum atomic E-state index is 13.0. The lowest BCUT2D eigenvalue weighted by Crippen LogP contribution is -2.33. The van der Waals surface area contributed by atoms with Crippen LogP contribution in [-0.4, -0.2) is 42.8 Å². The Morgan fingerprint density at radius 1 is 1.53 bits per heavy atom. The molecule has 0 aliphatic carbocycles. The van der Waals surface area contributed by atoms with Gasteiger partial charge in [-0.05, 0) is 36.6 Å². The lowest BCUT2D eigenvalue weighted by molar-refractivity contribution is -0.147. The number of aliphatic hydroxyl groups is 1. The highest BCUT2D eigenvalue weighted by atomic mass is 19.1. The second-order valence-electron chi connectivity index (χ2n) is 4.81. The van der Waals surface area contributed by atoms with E-state index in [0.29, 0.717) is 12.1 Å². The van der Waals surface area contributed by atoms with Crippen molar-refractivity contribution in [2.24, 2.45) is 5.92 Å². The van der Waals surface area contributed by atoms with Crippen molar-refractivity contribution in [3.63, 3.8) is 0 Å². The third kappa shape index (κ3) is 3.11. The van der Waals surface area contributed by atoms with Gasteiger partial charge in [-0.3, -0.25) is 4.90 Å². The molecule has 0 amide bonds. The molecule has 1 aromatic rings. The van der Waals surface area contributed by atoms with Gasteiger partial charge in [-0.15, -0.1) is 0 Å². The van der Waals surface area contributed by atoms with Crippen LogP contribution in [0, 0.1) is 11.7 Å². The fourth-order valence-corrected chi connectivity index (χ4v) is 2.50. The summed E-state index contributed by atoms with van der Waals surface area (Å²) in [5, 5.41) is 9.18. The molecule has 2 rings (SSSR count). The van der Waals surface area contributed by atoms with Gasteiger partial charge in [0.15, 0.2) is 0 Å². The third-order valence-electron chi connectivity index (χ3n) is 3.55. The van der Waals surface area contributed by atoms with Gasteiger partial charge in [-0.2, -0.15) is 0 Å². The van der Waals surface area contributed by atoms with Gasteiger partial charge in [-0.1, -0.05) is 12.1 Å². The van der Waals surface area contributed by atoms with E-state index >= 15 is 0 Å². The SMILES string of the molecule is COC(=O)C(c1ccc(F)cc1)N1CCC(CO)C1.